The predicted molar refractivity (Wildman–Crippen MR) is 59.3 cm³/mol. The van der Waals surface area contributed by atoms with Crippen molar-refractivity contribution in [2.24, 2.45) is 0 Å². The zero-order valence-corrected chi connectivity index (χ0v) is 8.68. The lowest BCUT2D eigenvalue weighted by Crippen LogP contribution is -1.99. The molecule has 1 aromatic carbocycles. The van der Waals surface area contributed by atoms with Crippen LogP contribution in [0.1, 0.15) is 18.9 Å². The summed E-state index contributed by atoms with van der Waals surface area (Å²) in [5.74, 6) is 1.48. The van der Waals surface area contributed by atoms with Crippen LogP contribution in [0.3, 0.4) is 0 Å². The molecule has 0 aromatic heterocycles. The minimum Gasteiger partial charge on any atom is -0.491 e. The van der Waals surface area contributed by atoms with Crippen molar-refractivity contribution in [3.05, 3.63) is 23.8 Å². The standard InChI is InChI=1S/C10H15NOS/c1-2-5-12-10-4-3-8(7-13)6-9(10)11/h3-4,6,13H,2,5,7,11H2,1H3. The second kappa shape index (κ2) is 5.02. The average Bonchev–Trinajstić information content (AvgIpc) is 2.16. The summed E-state index contributed by atoms with van der Waals surface area (Å²) in [6.45, 7) is 2.78. The molecule has 13 heavy (non-hydrogen) atoms. The fourth-order valence-electron chi connectivity index (χ4n) is 1.04. The maximum absolute atomic E-state index is 5.78. The molecule has 0 unspecified atom stereocenters. The molecule has 72 valence electrons. The lowest BCUT2D eigenvalue weighted by molar-refractivity contribution is 0.319. The van der Waals surface area contributed by atoms with Crippen LogP contribution in [0, 0.1) is 0 Å². The predicted octanol–water partition coefficient (Wildman–Crippen LogP) is 2.49. The van der Waals surface area contributed by atoms with Crippen LogP contribution in [0.2, 0.25) is 0 Å². The molecule has 0 amide bonds. The summed E-state index contributed by atoms with van der Waals surface area (Å²) in [4.78, 5) is 0. The third-order valence-electron chi connectivity index (χ3n) is 1.72. The molecule has 0 saturated carbocycles. The Balaban J connectivity index is 2.73. The van der Waals surface area contributed by atoms with Gasteiger partial charge >= 0.3 is 0 Å². The fraction of sp³-hybridized carbons (Fsp3) is 0.400. The molecule has 1 rings (SSSR count). The Hall–Kier alpha value is -0.830. The number of hydrogen-bond acceptors (Lipinski definition) is 3. The van der Waals surface area contributed by atoms with Gasteiger partial charge in [0.25, 0.3) is 0 Å². The van der Waals surface area contributed by atoms with E-state index in [-0.39, 0.29) is 0 Å². The first-order chi connectivity index (χ1) is 6.27. The molecule has 0 fully saturated rings. The average molecular weight is 197 g/mol. The van der Waals surface area contributed by atoms with Crippen molar-refractivity contribution >= 4 is 18.3 Å². The van der Waals surface area contributed by atoms with Crippen LogP contribution in [0.25, 0.3) is 0 Å². The monoisotopic (exact) mass is 197 g/mol. The molecule has 3 heteroatoms. The Labute approximate surface area is 84.5 Å². The van der Waals surface area contributed by atoms with E-state index in [0.29, 0.717) is 18.0 Å². The van der Waals surface area contributed by atoms with E-state index in [2.05, 4.69) is 19.6 Å². The molecule has 2 N–H and O–H groups in total. The van der Waals surface area contributed by atoms with E-state index >= 15 is 0 Å². The van der Waals surface area contributed by atoms with Gasteiger partial charge in [0.05, 0.1) is 12.3 Å². The zero-order chi connectivity index (χ0) is 9.68. The third kappa shape index (κ3) is 2.84. The van der Waals surface area contributed by atoms with Gasteiger partial charge in [0.2, 0.25) is 0 Å². The van der Waals surface area contributed by atoms with Gasteiger partial charge in [0.1, 0.15) is 5.75 Å². The van der Waals surface area contributed by atoms with Gasteiger partial charge in [0, 0.05) is 5.75 Å². The van der Waals surface area contributed by atoms with E-state index in [4.69, 9.17) is 10.5 Å². The van der Waals surface area contributed by atoms with E-state index in [1.807, 2.05) is 18.2 Å². The number of nitrogen functional groups attached to an aromatic ring is 1. The zero-order valence-electron chi connectivity index (χ0n) is 7.79. The minimum atomic E-state index is 0.694. The van der Waals surface area contributed by atoms with Gasteiger partial charge in [-0.2, -0.15) is 12.6 Å². The summed E-state index contributed by atoms with van der Waals surface area (Å²) < 4.78 is 5.44. The van der Waals surface area contributed by atoms with Gasteiger partial charge in [-0.25, -0.2) is 0 Å². The lowest BCUT2D eigenvalue weighted by atomic mass is 10.2. The Bertz CT molecular complexity index is 276. The SMILES string of the molecule is CCCOc1ccc(CS)cc1N. The topological polar surface area (TPSA) is 35.2 Å². The van der Waals surface area contributed by atoms with Crippen molar-refractivity contribution in [2.75, 3.05) is 12.3 Å². The van der Waals surface area contributed by atoms with Crippen molar-refractivity contribution in [3.8, 4) is 5.75 Å². The molecule has 0 aliphatic carbocycles. The van der Waals surface area contributed by atoms with Gasteiger partial charge in [-0.3, -0.25) is 0 Å². The molecule has 0 saturated heterocycles. The molecule has 0 atom stereocenters. The second-order valence-corrected chi connectivity index (χ2v) is 3.19. The summed E-state index contributed by atoms with van der Waals surface area (Å²) in [7, 11) is 0. The number of ether oxygens (including phenoxy) is 1. The van der Waals surface area contributed by atoms with Crippen LogP contribution in [0.15, 0.2) is 18.2 Å². The molecular formula is C10H15NOS. The van der Waals surface area contributed by atoms with Crippen LogP contribution in [0.5, 0.6) is 5.75 Å². The molecule has 0 aliphatic rings. The Morgan fingerprint density at radius 2 is 2.23 bits per heavy atom. The maximum Gasteiger partial charge on any atom is 0.142 e. The number of thiol groups is 1. The van der Waals surface area contributed by atoms with Gasteiger partial charge in [-0.15, -0.1) is 0 Å². The Morgan fingerprint density at radius 1 is 1.46 bits per heavy atom. The molecule has 0 radical (unpaired) electrons. The van der Waals surface area contributed by atoms with Crippen LogP contribution >= 0.6 is 12.6 Å². The lowest BCUT2D eigenvalue weighted by Gasteiger charge is -2.08. The highest BCUT2D eigenvalue weighted by molar-refractivity contribution is 7.79. The van der Waals surface area contributed by atoms with Crippen LogP contribution in [0.4, 0.5) is 5.69 Å². The number of anilines is 1. The van der Waals surface area contributed by atoms with Crippen molar-refractivity contribution in [1.29, 1.82) is 0 Å². The van der Waals surface area contributed by atoms with Crippen molar-refractivity contribution in [3.63, 3.8) is 0 Å². The van der Waals surface area contributed by atoms with Crippen LogP contribution < -0.4 is 10.5 Å². The van der Waals surface area contributed by atoms with Gasteiger partial charge < -0.3 is 10.5 Å². The summed E-state index contributed by atoms with van der Waals surface area (Å²) in [5, 5.41) is 0. The van der Waals surface area contributed by atoms with E-state index in [9.17, 15) is 0 Å². The number of rotatable bonds is 4. The number of nitrogens with two attached hydrogens (primary N) is 1. The van der Waals surface area contributed by atoms with Crippen LogP contribution in [-0.4, -0.2) is 6.61 Å². The highest BCUT2D eigenvalue weighted by Crippen LogP contribution is 2.23. The fourth-order valence-corrected chi connectivity index (χ4v) is 1.24. The summed E-state index contributed by atoms with van der Waals surface area (Å²) in [6, 6.07) is 5.78. The molecule has 0 heterocycles. The van der Waals surface area contributed by atoms with Crippen molar-refractivity contribution in [1.82, 2.24) is 0 Å². The second-order valence-electron chi connectivity index (χ2n) is 2.88. The third-order valence-corrected chi connectivity index (χ3v) is 2.08. The quantitative estimate of drug-likeness (QED) is 0.574. The largest absolute Gasteiger partial charge is 0.491 e. The number of benzene rings is 1. The molecule has 0 bridgehead atoms. The van der Waals surface area contributed by atoms with Crippen LogP contribution in [-0.2, 0) is 5.75 Å². The normalized spacial score (nSPS) is 10.0. The molecule has 2 nitrogen and oxygen atoms in total. The Morgan fingerprint density at radius 3 is 2.77 bits per heavy atom. The molecular weight excluding hydrogens is 182 g/mol. The molecule has 1 aromatic rings. The minimum absolute atomic E-state index is 0.694. The number of hydrogen-bond donors (Lipinski definition) is 2. The highest BCUT2D eigenvalue weighted by atomic mass is 32.1. The first-order valence-electron chi connectivity index (χ1n) is 4.40. The first-order valence-corrected chi connectivity index (χ1v) is 5.03. The summed E-state index contributed by atoms with van der Waals surface area (Å²) in [6.07, 6.45) is 0.994. The van der Waals surface area contributed by atoms with E-state index in [0.717, 1.165) is 17.7 Å². The molecule has 0 aliphatic heterocycles. The van der Waals surface area contributed by atoms with E-state index in [1.165, 1.54) is 0 Å². The van der Waals surface area contributed by atoms with E-state index < -0.39 is 0 Å². The highest BCUT2D eigenvalue weighted by Gasteiger charge is 2.00. The molecule has 0 spiro atoms. The van der Waals surface area contributed by atoms with E-state index in [1.54, 1.807) is 0 Å². The van der Waals surface area contributed by atoms with Crippen molar-refractivity contribution in [2.45, 2.75) is 19.1 Å². The maximum atomic E-state index is 5.78. The summed E-state index contributed by atoms with van der Waals surface area (Å²) in [5.41, 5.74) is 7.59. The van der Waals surface area contributed by atoms with Gasteiger partial charge in [0.15, 0.2) is 0 Å². The smallest absolute Gasteiger partial charge is 0.142 e. The Kier molecular flexibility index (Phi) is 3.96. The van der Waals surface area contributed by atoms with Gasteiger partial charge in [-0.1, -0.05) is 13.0 Å². The van der Waals surface area contributed by atoms with Gasteiger partial charge in [-0.05, 0) is 24.1 Å². The van der Waals surface area contributed by atoms with Crippen molar-refractivity contribution < 1.29 is 4.74 Å². The first kappa shape index (κ1) is 10.3. The summed E-state index contributed by atoms with van der Waals surface area (Å²) >= 11 is 4.17.